The van der Waals surface area contributed by atoms with Gasteiger partial charge in [-0.2, -0.15) is 0 Å². The van der Waals surface area contributed by atoms with E-state index in [4.69, 9.17) is 4.74 Å². The summed E-state index contributed by atoms with van der Waals surface area (Å²) in [5, 5.41) is 0. The number of benzene rings is 1. The molecule has 0 radical (unpaired) electrons. The smallest absolute Gasteiger partial charge is 0.225 e. The molecule has 3 nitrogen and oxygen atoms in total. The zero-order chi connectivity index (χ0) is 14.5. The van der Waals surface area contributed by atoms with Crippen molar-refractivity contribution in [3.63, 3.8) is 0 Å². The minimum atomic E-state index is 0.119. The van der Waals surface area contributed by atoms with Gasteiger partial charge in [0.25, 0.3) is 0 Å². The summed E-state index contributed by atoms with van der Waals surface area (Å²) < 4.78 is 5.18. The van der Waals surface area contributed by atoms with Crippen LogP contribution in [0.2, 0.25) is 0 Å². The summed E-state index contributed by atoms with van der Waals surface area (Å²) in [7, 11) is 1.69. The van der Waals surface area contributed by atoms with Crippen LogP contribution in [0.15, 0.2) is 24.3 Å². The average molecular weight is 275 g/mol. The predicted molar refractivity (Wildman–Crippen MR) is 80.8 cm³/mol. The average Bonchev–Trinajstić information content (AvgIpc) is 2.48. The number of piperidine rings is 1. The van der Waals surface area contributed by atoms with Gasteiger partial charge in [-0.1, -0.05) is 26.0 Å². The molecule has 1 amide bonds. The lowest BCUT2D eigenvalue weighted by molar-refractivity contribution is -0.135. The van der Waals surface area contributed by atoms with Crippen LogP contribution in [-0.2, 0) is 11.2 Å². The molecule has 110 valence electrons. The number of methoxy groups -OCH3 is 1. The van der Waals surface area contributed by atoms with E-state index in [2.05, 4.69) is 12.1 Å². The van der Waals surface area contributed by atoms with Gasteiger partial charge in [-0.25, -0.2) is 0 Å². The standard InChI is InChI=1S/C17H25NO2/c1-13(2)17(19)18-10-8-15(9-11-18)12-14-4-6-16(20-3)7-5-14/h4-7,13,15H,8-12H2,1-3H3. The Kier molecular flexibility index (Phi) is 5.05. The van der Waals surface area contributed by atoms with Gasteiger partial charge < -0.3 is 9.64 Å². The highest BCUT2D eigenvalue weighted by atomic mass is 16.5. The third kappa shape index (κ3) is 3.75. The maximum atomic E-state index is 11.9. The van der Waals surface area contributed by atoms with Crippen molar-refractivity contribution < 1.29 is 9.53 Å². The highest BCUT2D eigenvalue weighted by Crippen LogP contribution is 2.23. The van der Waals surface area contributed by atoms with Gasteiger partial charge in [-0.15, -0.1) is 0 Å². The summed E-state index contributed by atoms with van der Waals surface area (Å²) in [6, 6.07) is 8.33. The molecule has 1 saturated heterocycles. The monoisotopic (exact) mass is 275 g/mol. The first kappa shape index (κ1) is 14.9. The maximum Gasteiger partial charge on any atom is 0.225 e. The molecule has 20 heavy (non-hydrogen) atoms. The Morgan fingerprint density at radius 2 is 1.85 bits per heavy atom. The number of likely N-dealkylation sites (tertiary alicyclic amines) is 1. The van der Waals surface area contributed by atoms with E-state index < -0.39 is 0 Å². The minimum Gasteiger partial charge on any atom is -0.497 e. The van der Waals surface area contributed by atoms with Crippen LogP contribution < -0.4 is 4.74 Å². The van der Waals surface area contributed by atoms with Crippen LogP contribution in [0.1, 0.15) is 32.3 Å². The van der Waals surface area contributed by atoms with Gasteiger partial charge in [0.05, 0.1) is 7.11 Å². The molecule has 1 aromatic rings. The predicted octanol–water partition coefficient (Wildman–Crippen LogP) is 3.13. The highest BCUT2D eigenvalue weighted by Gasteiger charge is 2.24. The van der Waals surface area contributed by atoms with E-state index in [1.165, 1.54) is 5.56 Å². The molecule has 0 spiro atoms. The Labute approximate surface area is 121 Å². The number of rotatable bonds is 4. The van der Waals surface area contributed by atoms with E-state index in [1.807, 2.05) is 30.9 Å². The summed E-state index contributed by atoms with van der Waals surface area (Å²) in [6.45, 7) is 5.78. The fourth-order valence-electron chi connectivity index (χ4n) is 2.82. The second-order valence-electron chi connectivity index (χ2n) is 5.98. The lowest BCUT2D eigenvalue weighted by Crippen LogP contribution is -2.40. The van der Waals surface area contributed by atoms with E-state index in [0.717, 1.165) is 38.1 Å². The number of hydrogen-bond acceptors (Lipinski definition) is 2. The van der Waals surface area contributed by atoms with Crippen molar-refractivity contribution in [3.8, 4) is 5.75 Å². The van der Waals surface area contributed by atoms with Crippen LogP contribution in [-0.4, -0.2) is 31.0 Å². The maximum absolute atomic E-state index is 11.9. The molecule has 3 heteroatoms. The van der Waals surface area contributed by atoms with Gasteiger partial charge in [0.15, 0.2) is 0 Å². The van der Waals surface area contributed by atoms with Gasteiger partial charge in [0.1, 0.15) is 5.75 Å². The number of carbonyl (C=O) groups excluding carboxylic acids is 1. The summed E-state index contributed by atoms with van der Waals surface area (Å²) >= 11 is 0. The molecule has 1 aliphatic rings. The topological polar surface area (TPSA) is 29.5 Å². The minimum absolute atomic E-state index is 0.119. The Morgan fingerprint density at radius 1 is 1.25 bits per heavy atom. The van der Waals surface area contributed by atoms with Crippen LogP contribution in [0.3, 0.4) is 0 Å². The molecule has 0 atom stereocenters. The Bertz CT molecular complexity index is 431. The van der Waals surface area contributed by atoms with Crippen molar-refractivity contribution in [3.05, 3.63) is 29.8 Å². The first-order chi connectivity index (χ1) is 9.60. The number of hydrogen-bond donors (Lipinski definition) is 0. The second-order valence-corrected chi connectivity index (χ2v) is 5.98. The highest BCUT2D eigenvalue weighted by molar-refractivity contribution is 5.78. The van der Waals surface area contributed by atoms with Crippen molar-refractivity contribution in [1.29, 1.82) is 0 Å². The van der Waals surface area contributed by atoms with Crippen LogP contribution >= 0.6 is 0 Å². The van der Waals surface area contributed by atoms with E-state index in [-0.39, 0.29) is 5.92 Å². The molecule has 0 aliphatic carbocycles. The van der Waals surface area contributed by atoms with Gasteiger partial charge >= 0.3 is 0 Å². The van der Waals surface area contributed by atoms with Crippen molar-refractivity contribution >= 4 is 5.91 Å². The van der Waals surface area contributed by atoms with Crippen LogP contribution in [0.5, 0.6) is 5.75 Å². The molecular formula is C17H25NO2. The summed E-state index contributed by atoms with van der Waals surface area (Å²) in [4.78, 5) is 14.0. The lowest BCUT2D eigenvalue weighted by Gasteiger charge is -2.33. The lowest BCUT2D eigenvalue weighted by atomic mass is 9.90. The third-order valence-corrected chi connectivity index (χ3v) is 4.10. The molecule has 1 aliphatic heterocycles. The quantitative estimate of drug-likeness (QED) is 0.845. The van der Waals surface area contributed by atoms with E-state index in [9.17, 15) is 4.79 Å². The number of amides is 1. The van der Waals surface area contributed by atoms with Gasteiger partial charge in [-0.05, 0) is 42.9 Å². The van der Waals surface area contributed by atoms with Crippen molar-refractivity contribution in [2.45, 2.75) is 33.1 Å². The molecule has 1 aromatic carbocycles. The van der Waals surface area contributed by atoms with E-state index >= 15 is 0 Å². The molecule has 0 unspecified atom stereocenters. The molecule has 1 fully saturated rings. The van der Waals surface area contributed by atoms with E-state index in [1.54, 1.807) is 7.11 Å². The van der Waals surface area contributed by atoms with Gasteiger partial charge in [0.2, 0.25) is 5.91 Å². The summed E-state index contributed by atoms with van der Waals surface area (Å²) in [5.41, 5.74) is 1.36. The molecule has 0 N–H and O–H groups in total. The number of carbonyl (C=O) groups is 1. The Hall–Kier alpha value is -1.51. The Morgan fingerprint density at radius 3 is 2.35 bits per heavy atom. The zero-order valence-electron chi connectivity index (χ0n) is 12.8. The fraction of sp³-hybridized carbons (Fsp3) is 0.588. The van der Waals surface area contributed by atoms with Crippen LogP contribution in [0, 0.1) is 11.8 Å². The first-order valence-electron chi connectivity index (χ1n) is 7.52. The largest absolute Gasteiger partial charge is 0.497 e. The van der Waals surface area contributed by atoms with E-state index in [0.29, 0.717) is 11.8 Å². The zero-order valence-corrected chi connectivity index (χ0v) is 12.8. The first-order valence-corrected chi connectivity index (χ1v) is 7.52. The van der Waals surface area contributed by atoms with Crippen molar-refractivity contribution in [2.24, 2.45) is 11.8 Å². The molecule has 0 aromatic heterocycles. The third-order valence-electron chi connectivity index (χ3n) is 4.10. The summed E-state index contributed by atoms with van der Waals surface area (Å²) in [6.07, 6.45) is 3.34. The fourth-order valence-corrected chi connectivity index (χ4v) is 2.82. The van der Waals surface area contributed by atoms with Crippen LogP contribution in [0.25, 0.3) is 0 Å². The van der Waals surface area contributed by atoms with Crippen molar-refractivity contribution in [1.82, 2.24) is 4.90 Å². The second kappa shape index (κ2) is 6.78. The van der Waals surface area contributed by atoms with Gasteiger partial charge in [0, 0.05) is 19.0 Å². The van der Waals surface area contributed by atoms with Crippen molar-refractivity contribution in [2.75, 3.05) is 20.2 Å². The normalized spacial score (nSPS) is 16.5. The number of ether oxygens (including phenoxy) is 1. The molecular weight excluding hydrogens is 250 g/mol. The van der Waals surface area contributed by atoms with Gasteiger partial charge in [-0.3, -0.25) is 4.79 Å². The number of nitrogens with zero attached hydrogens (tertiary/aromatic N) is 1. The molecule has 0 saturated carbocycles. The molecule has 2 rings (SSSR count). The Balaban J connectivity index is 1.83. The SMILES string of the molecule is COc1ccc(CC2CCN(C(=O)C(C)C)CC2)cc1. The molecule has 1 heterocycles. The molecule has 0 bridgehead atoms. The summed E-state index contributed by atoms with van der Waals surface area (Å²) in [5.74, 6) is 2.02. The van der Waals surface area contributed by atoms with Crippen LogP contribution in [0.4, 0.5) is 0 Å².